The molecule has 0 bridgehead atoms. The molecule has 1 aromatic heterocycles. The van der Waals surface area contributed by atoms with E-state index in [-0.39, 0.29) is 24.9 Å². The van der Waals surface area contributed by atoms with Crippen molar-refractivity contribution in [1.29, 1.82) is 0 Å². The highest BCUT2D eigenvalue weighted by atomic mass is 16.5. The number of carbonyl (C=O) groups is 2. The van der Waals surface area contributed by atoms with Crippen LogP contribution in [0, 0.1) is 0 Å². The Hall–Kier alpha value is -3.26. The number of rotatable bonds is 11. The van der Waals surface area contributed by atoms with Crippen molar-refractivity contribution in [1.82, 2.24) is 25.2 Å². The lowest BCUT2D eigenvalue weighted by molar-refractivity contribution is -0.142. The number of hydrogen-bond acceptors (Lipinski definition) is 5. The summed E-state index contributed by atoms with van der Waals surface area (Å²) < 4.78 is 6.86. The van der Waals surface area contributed by atoms with Crippen molar-refractivity contribution >= 4 is 22.8 Å². The highest BCUT2D eigenvalue weighted by Crippen LogP contribution is 2.25. The molecule has 0 aliphatic carbocycles. The third-order valence-corrected chi connectivity index (χ3v) is 6.17. The number of carbonyl (C=O) groups excluding carboxylic acids is 2. The van der Waals surface area contributed by atoms with Crippen molar-refractivity contribution in [2.75, 3.05) is 20.3 Å². The second-order valence-corrected chi connectivity index (χ2v) is 9.04. The summed E-state index contributed by atoms with van der Waals surface area (Å²) in [6.07, 6.45) is 1.66. The minimum absolute atomic E-state index is 0.0295. The van der Waals surface area contributed by atoms with Crippen LogP contribution in [0.1, 0.15) is 51.3 Å². The Morgan fingerprint density at radius 1 is 1.12 bits per heavy atom. The zero-order chi connectivity index (χ0) is 24.7. The molecule has 8 nitrogen and oxygen atoms in total. The normalized spacial score (nSPS) is 12.5. The second kappa shape index (κ2) is 11.2. The quantitative estimate of drug-likeness (QED) is 0.468. The van der Waals surface area contributed by atoms with Gasteiger partial charge in [0.15, 0.2) is 0 Å². The molecule has 182 valence electrons. The molecule has 8 heteroatoms. The molecule has 2 amide bonds. The number of aromatic nitrogens is 3. The van der Waals surface area contributed by atoms with Crippen LogP contribution in [0.15, 0.2) is 48.5 Å². The van der Waals surface area contributed by atoms with Crippen LogP contribution in [0.4, 0.5) is 0 Å². The van der Waals surface area contributed by atoms with Gasteiger partial charge in [-0.25, -0.2) is 4.68 Å². The van der Waals surface area contributed by atoms with Crippen LogP contribution < -0.4 is 5.32 Å². The van der Waals surface area contributed by atoms with Gasteiger partial charge in [0.25, 0.3) is 0 Å². The highest BCUT2D eigenvalue weighted by molar-refractivity contribution is 5.89. The molecule has 1 N–H and O–H groups in total. The number of amides is 2. The van der Waals surface area contributed by atoms with Crippen LogP contribution in [0.3, 0.4) is 0 Å². The third-order valence-electron chi connectivity index (χ3n) is 6.17. The first kappa shape index (κ1) is 25.4. The summed E-state index contributed by atoms with van der Waals surface area (Å²) in [5.74, 6) is -0.453. The Bertz CT molecular complexity index is 1110. The molecule has 1 atom stereocenters. The maximum Gasteiger partial charge on any atom is 0.247 e. The first-order chi connectivity index (χ1) is 16.3. The van der Waals surface area contributed by atoms with Gasteiger partial charge in [-0.1, -0.05) is 55.5 Å². The molecule has 0 saturated heterocycles. The molecular formula is C26H35N5O3. The van der Waals surface area contributed by atoms with Gasteiger partial charge in [0.2, 0.25) is 11.8 Å². The molecule has 0 aliphatic heterocycles. The van der Waals surface area contributed by atoms with Gasteiger partial charge in [0, 0.05) is 19.2 Å². The summed E-state index contributed by atoms with van der Waals surface area (Å²) in [7, 11) is 1.58. The standard InChI is InChI=1S/C26H35N5O3/c1-6-19-12-14-20(15-13-19)24(25(33)27-26(3,4)7-2)30(16-17-34-5)23(32)18-31-22-11-9-8-10-21(22)28-29-31/h8-15,24H,6-7,16-18H2,1-5H3,(H,27,33)/t24-/m0/s1. The predicted octanol–water partition coefficient (Wildman–Crippen LogP) is 3.51. The van der Waals surface area contributed by atoms with Crippen LogP contribution in [0.5, 0.6) is 0 Å². The van der Waals surface area contributed by atoms with Gasteiger partial charge >= 0.3 is 0 Å². The van der Waals surface area contributed by atoms with Crippen LogP contribution in [-0.4, -0.2) is 57.5 Å². The largest absolute Gasteiger partial charge is 0.383 e. The Morgan fingerprint density at radius 3 is 2.47 bits per heavy atom. The average molecular weight is 466 g/mol. The molecular weight excluding hydrogens is 430 g/mol. The van der Waals surface area contributed by atoms with Crippen molar-refractivity contribution < 1.29 is 14.3 Å². The lowest BCUT2D eigenvalue weighted by atomic mass is 9.97. The summed E-state index contributed by atoms with van der Waals surface area (Å²) in [5, 5.41) is 11.4. The fourth-order valence-electron chi connectivity index (χ4n) is 3.74. The maximum absolute atomic E-state index is 13.6. The van der Waals surface area contributed by atoms with Crippen molar-refractivity contribution in [2.24, 2.45) is 0 Å². The fraction of sp³-hybridized carbons (Fsp3) is 0.462. The Balaban J connectivity index is 1.98. The summed E-state index contributed by atoms with van der Waals surface area (Å²) in [5.41, 5.74) is 3.00. The van der Waals surface area contributed by atoms with Gasteiger partial charge in [-0.2, -0.15) is 0 Å². The number of para-hydroxylation sites is 1. The molecule has 3 rings (SSSR count). The minimum atomic E-state index is -0.797. The van der Waals surface area contributed by atoms with Crippen LogP contribution in [0.2, 0.25) is 0 Å². The van der Waals surface area contributed by atoms with Crippen molar-refractivity contribution in [3.05, 3.63) is 59.7 Å². The number of methoxy groups -OCH3 is 1. The van der Waals surface area contributed by atoms with Crippen molar-refractivity contribution in [3.8, 4) is 0 Å². The lowest BCUT2D eigenvalue weighted by Crippen LogP contribution is -2.51. The average Bonchev–Trinajstić information content (AvgIpc) is 3.24. The highest BCUT2D eigenvalue weighted by Gasteiger charge is 2.34. The van der Waals surface area contributed by atoms with Gasteiger partial charge in [0.1, 0.15) is 18.1 Å². The van der Waals surface area contributed by atoms with E-state index in [1.165, 1.54) is 5.56 Å². The molecule has 0 radical (unpaired) electrons. The number of ether oxygens (including phenoxy) is 1. The Kier molecular flexibility index (Phi) is 8.39. The van der Waals surface area contributed by atoms with Crippen molar-refractivity contribution in [3.63, 3.8) is 0 Å². The van der Waals surface area contributed by atoms with Crippen LogP contribution >= 0.6 is 0 Å². The smallest absolute Gasteiger partial charge is 0.247 e. The number of fused-ring (bicyclic) bond motifs is 1. The number of nitrogens with one attached hydrogen (secondary N) is 1. The molecule has 34 heavy (non-hydrogen) atoms. The van der Waals surface area contributed by atoms with Gasteiger partial charge in [-0.15, -0.1) is 5.10 Å². The summed E-state index contributed by atoms with van der Waals surface area (Å²) in [6, 6.07) is 14.6. The zero-order valence-corrected chi connectivity index (χ0v) is 20.7. The Morgan fingerprint density at radius 2 is 1.82 bits per heavy atom. The first-order valence-electron chi connectivity index (χ1n) is 11.8. The SMILES string of the molecule is CCc1ccc([C@@H](C(=O)NC(C)(C)CC)N(CCOC)C(=O)Cn2nnc3ccccc32)cc1. The monoisotopic (exact) mass is 465 g/mol. The van der Waals surface area contributed by atoms with E-state index in [0.29, 0.717) is 12.1 Å². The molecule has 0 unspecified atom stereocenters. The molecule has 0 aliphatic rings. The van der Waals surface area contributed by atoms with Gasteiger partial charge < -0.3 is 15.0 Å². The summed E-state index contributed by atoms with van der Waals surface area (Å²) in [6.45, 7) is 8.60. The molecule has 0 spiro atoms. The third kappa shape index (κ3) is 5.99. The lowest BCUT2D eigenvalue weighted by Gasteiger charge is -2.34. The van der Waals surface area contributed by atoms with Gasteiger partial charge in [-0.05, 0) is 49.9 Å². The summed E-state index contributed by atoms with van der Waals surface area (Å²) in [4.78, 5) is 28.8. The van der Waals surface area contributed by atoms with Gasteiger partial charge in [-0.3, -0.25) is 9.59 Å². The predicted molar refractivity (Wildman–Crippen MR) is 132 cm³/mol. The molecule has 2 aromatic carbocycles. The minimum Gasteiger partial charge on any atom is -0.383 e. The topological polar surface area (TPSA) is 89.4 Å². The fourth-order valence-corrected chi connectivity index (χ4v) is 3.74. The number of nitrogens with zero attached hydrogens (tertiary/aromatic N) is 4. The van der Waals surface area contributed by atoms with E-state index >= 15 is 0 Å². The second-order valence-electron chi connectivity index (χ2n) is 9.04. The first-order valence-corrected chi connectivity index (χ1v) is 11.8. The zero-order valence-electron chi connectivity index (χ0n) is 20.7. The number of hydrogen-bond donors (Lipinski definition) is 1. The van der Waals surface area contributed by atoms with E-state index in [9.17, 15) is 9.59 Å². The summed E-state index contributed by atoms with van der Waals surface area (Å²) >= 11 is 0. The van der Waals surface area contributed by atoms with E-state index in [1.54, 1.807) is 16.7 Å². The van der Waals surface area contributed by atoms with Gasteiger partial charge in [0.05, 0.1) is 12.1 Å². The van der Waals surface area contributed by atoms with E-state index < -0.39 is 11.6 Å². The number of benzene rings is 2. The number of aryl methyl sites for hydroxylation is 1. The molecule has 3 aromatic rings. The molecule has 1 heterocycles. The molecule has 0 fully saturated rings. The van der Waals surface area contributed by atoms with E-state index in [0.717, 1.165) is 23.9 Å². The Labute approximate surface area is 201 Å². The maximum atomic E-state index is 13.6. The van der Waals surface area contributed by atoms with E-state index in [1.807, 2.05) is 69.3 Å². The van der Waals surface area contributed by atoms with Crippen LogP contribution in [0.25, 0.3) is 11.0 Å². The van der Waals surface area contributed by atoms with Crippen molar-refractivity contribution in [2.45, 2.75) is 58.7 Å². The van der Waals surface area contributed by atoms with E-state index in [2.05, 4.69) is 22.6 Å². The molecule has 0 saturated carbocycles. The van der Waals surface area contributed by atoms with E-state index in [4.69, 9.17) is 4.74 Å². The van der Waals surface area contributed by atoms with Crippen LogP contribution in [-0.2, 0) is 27.3 Å².